The molecule has 1 aliphatic heterocycles. The largest absolute Gasteiger partial charge is 0.504 e. The molecule has 1 fully saturated rings. The fourth-order valence-corrected chi connectivity index (χ4v) is 3.69. The minimum atomic E-state index is -0.458. The monoisotopic (exact) mass is 494 g/mol. The summed E-state index contributed by atoms with van der Waals surface area (Å²) >= 11 is 0. The van der Waals surface area contributed by atoms with Crippen LogP contribution in [0.2, 0.25) is 0 Å². The zero-order valence-electron chi connectivity index (χ0n) is 20.3. The van der Waals surface area contributed by atoms with Crippen molar-refractivity contribution >= 4 is 29.8 Å². The topological polar surface area (TPSA) is 128 Å². The van der Waals surface area contributed by atoms with E-state index in [1.807, 2.05) is 0 Å². The SMILES string of the molecule is COc1cc(/C=C/C(=O)CC(=O)/C=C/c2ccc(OC(=O)N3CCC(CN)C3)c(OC)c2)ccc1O. The molecule has 1 unspecified atom stereocenters. The van der Waals surface area contributed by atoms with E-state index in [0.717, 1.165) is 6.42 Å². The van der Waals surface area contributed by atoms with Gasteiger partial charge in [-0.1, -0.05) is 24.3 Å². The number of hydrogen-bond acceptors (Lipinski definition) is 8. The molecule has 0 bridgehead atoms. The average molecular weight is 495 g/mol. The summed E-state index contributed by atoms with van der Waals surface area (Å²) in [6, 6.07) is 9.58. The number of phenolic OH excluding ortho intramolecular Hbond substituents is 1. The van der Waals surface area contributed by atoms with Gasteiger partial charge in [0.2, 0.25) is 0 Å². The maximum Gasteiger partial charge on any atom is 0.415 e. The van der Waals surface area contributed by atoms with Crippen LogP contribution in [0.15, 0.2) is 48.6 Å². The first-order valence-corrected chi connectivity index (χ1v) is 11.5. The number of carbonyl (C=O) groups is 3. The van der Waals surface area contributed by atoms with Crippen LogP contribution in [-0.2, 0) is 9.59 Å². The Balaban J connectivity index is 1.56. The molecule has 0 radical (unpaired) electrons. The lowest BCUT2D eigenvalue weighted by atomic mass is 10.1. The Bertz CT molecular complexity index is 1170. The van der Waals surface area contributed by atoms with Gasteiger partial charge in [0.1, 0.15) is 0 Å². The fraction of sp³-hybridized carbons (Fsp3) is 0.296. The summed E-state index contributed by atoms with van der Waals surface area (Å²) < 4.78 is 15.9. The van der Waals surface area contributed by atoms with Crippen molar-refractivity contribution in [3.63, 3.8) is 0 Å². The molecular formula is C27H30N2O7. The molecule has 1 saturated heterocycles. The molecule has 2 aromatic carbocycles. The molecule has 1 heterocycles. The molecule has 0 saturated carbocycles. The molecule has 1 atom stereocenters. The van der Waals surface area contributed by atoms with Crippen molar-refractivity contribution in [3.05, 3.63) is 59.7 Å². The maximum absolute atomic E-state index is 12.4. The highest BCUT2D eigenvalue weighted by molar-refractivity contribution is 6.10. The average Bonchev–Trinajstić information content (AvgIpc) is 3.37. The van der Waals surface area contributed by atoms with Gasteiger partial charge in [-0.05, 0) is 66.4 Å². The summed E-state index contributed by atoms with van der Waals surface area (Å²) in [5.74, 6) is 0.445. The van der Waals surface area contributed by atoms with Crippen LogP contribution in [0.1, 0.15) is 24.0 Å². The molecule has 190 valence electrons. The number of nitrogens with two attached hydrogens (primary N) is 1. The number of rotatable bonds is 10. The number of methoxy groups -OCH3 is 2. The van der Waals surface area contributed by atoms with Gasteiger partial charge in [-0.25, -0.2) is 4.79 Å². The second-order valence-electron chi connectivity index (χ2n) is 8.32. The molecule has 2 aromatic rings. The lowest BCUT2D eigenvalue weighted by Crippen LogP contribution is -2.32. The van der Waals surface area contributed by atoms with Crippen LogP contribution < -0.4 is 19.9 Å². The van der Waals surface area contributed by atoms with Gasteiger partial charge in [-0.2, -0.15) is 0 Å². The highest BCUT2D eigenvalue weighted by Gasteiger charge is 2.27. The third-order valence-corrected chi connectivity index (χ3v) is 5.74. The zero-order chi connectivity index (χ0) is 26.1. The van der Waals surface area contributed by atoms with Crippen LogP contribution in [0.3, 0.4) is 0 Å². The third-order valence-electron chi connectivity index (χ3n) is 5.74. The molecule has 0 aliphatic carbocycles. The van der Waals surface area contributed by atoms with Crippen molar-refractivity contribution in [1.82, 2.24) is 4.90 Å². The van der Waals surface area contributed by atoms with E-state index in [1.54, 1.807) is 47.4 Å². The maximum atomic E-state index is 12.4. The van der Waals surface area contributed by atoms with Crippen molar-refractivity contribution in [3.8, 4) is 23.0 Å². The number of allylic oxidation sites excluding steroid dienone is 2. The van der Waals surface area contributed by atoms with Crippen LogP contribution in [0.4, 0.5) is 4.79 Å². The van der Waals surface area contributed by atoms with Gasteiger partial charge in [-0.15, -0.1) is 0 Å². The highest BCUT2D eigenvalue weighted by atomic mass is 16.6. The number of ketones is 2. The van der Waals surface area contributed by atoms with E-state index >= 15 is 0 Å². The number of ether oxygens (including phenoxy) is 3. The molecular weight excluding hydrogens is 464 g/mol. The first-order chi connectivity index (χ1) is 17.3. The van der Waals surface area contributed by atoms with Crippen LogP contribution >= 0.6 is 0 Å². The van der Waals surface area contributed by atoms with Crippen molar-refractivity contribution in [1.29, 1.82) is 0 Å². The lowest BCUT2D eigenvalue weighted by molar-refractivity contribution is -0.121. The van der Waals surface area contributed by atoms with Gasteiger partial charge >= 0.3 is 6.09 Å². The van der Waals surface area contributed by atoms with Gasteiger partial charge in [0.25, 0.3) is 0 Å². The molecule has 0 aromatic heterocycles. The second kappa shape index (κ2) is 12.6. The zero-order valence-corrected chi connectivity index (χ0v) is 20.3. The van der Waals surface area contributed by atoms with Gasteiger partial charge in [-0.3, -0.25) is 9.59 Å². The summed E-state index contributed by atoms with van der Waals surface area (Å²) in [6.45, 7) is 1.70. The molecule has 9 heteroatoms. The summed E-state index contributed by atoms with van der Waals surface area (Å²) in [7, 11) is 2.89. The third kappa shape index (κ3) is 7.19. The first-order valence-electron chi connectivity index (χ1n) is 11.5. The molecule has 0 spiro atoms. The summed E-state index contributed by atoms with van der Waals surface area (Å²) in [5, 5.41) is 9.63. The van der Waals surface area contributed by atoms with Gasteiger partial charge in [0, 0.05) is 13.1 Å². The van der Waals surface area contributed by atoms with Crippen LogP contribution in [0, 0.1) is 5.92 Å². The smallest absolute Gasteiger partial charge is 0.415 e. The molecule has 3 rings (SSSR count). The Kier molecular flexibility index (Phi) is 9.24. The van der Waals surface area contributed by atoms with Gasteiger partial charge < -0.3 is 30.0 Å². The Hall–Kier alpha value is -4.11. The second-order valence-corrected chi connectivity index (χ2v) is 8.32. The predicted molar refractivity (Wildman–Crippen MR) is 135 cm³/mol. The van der Waals surface area contributed by atoms with Crippen LogP contribution in [0.25, 0.3) is 12.2 Å². The normalized spacial score (nSPS) is 15.4. The number of benzene rings is 2. The fourth-order valence-electron chi connectivity index (χ4n) is 3.69. The molecule has 3 N–H and O–H groups in total. The minimum Gasteiger partial charge on any atom is -0.504 e. The molecule has 1 aliphatic rings. The van der Waals surface area contributed by atoms with Crippen molar-refractivity contribution in [2.45, 2.75) is 12.8 Å². The van der Waals surface area contributed by atoms with Crippen LogP contribution in [0.5, 0.6) is 23.0 Å². The van der Waals surface area contributed by atoms with E-state index in [4.69, 9.17) is 19.9 Å². The highest BCUT2D eigenvalue weighted by Crippen LogP contribution is 2.30. The number of hydrogen-bond donors (Lipinski definition) is 2. The number of phenols is 1. The summed E-state index contributed by atoms with van der Waals surface area (Å²) in [6.07, 6.45) is 5.82. The minimum absolute atomic E-state index is 0.00337. The standard InChI is InChI=1S/C27H30N2O7/c1-34-25-13-18(5-9-23(25)32)3-7-21(30)15-22(31)8-4-19-6-10-24(26(14-19)35-2)36-27(33)29-12-11-20(16-28)17-29/h3-10,13-14,20,32H,11-12,15-17,28H2,1-2H3/b7-3+,8-4+. The Labute approximate surface area is 209 Å². The predicted octanol–water partition coefficient (Wildman–Crippen LogP) is 3.44. The van der Waals surface area contributed by atoms with Gasteiger partial charge in [0.15, 0.2) is 34.6 Å². The Morgan fingerprint density at radius 1 is 0.972 bits per heavy atom. The van der Waals surface area contributed by atoms with E-state index in [1.165, 1.54) is 32.4 Å². The molecule has 9 nitrogen and oxygen atoms in total. The van der Waals surface area contributed by atoms with E-state index in [9.17, 15) is 19.5 Å². The summed E-state index contributed by atoms with van der Waals surface area (Å²) in [5.41, 5.74) is 6.97. The number of amides is 1. The van der Waals surface area contributed by atoms with Gasteiger partial charge in [0.05, 0.1) is 20.6 Å². The first kappa shape index (κ1) is 26.5. The van der Waals surface area contributed by atoms with Crippen LogP contribution in [-0.4, -0.2) is 61.5 Å². The number of aromatic hydroxyl groups is 1. The van der Waals surface area contributed by atoms with E-state index in [2.05, 4.69) is 0 Å². The quantitative estimate of drug-likeness (QED) is 0.380. The number of nitrogens with zero attached hydrogens (tertiary/aromatic N) is 1. The van der Waals surface area contributed by atoms with Crippen molar-refractivity contribution in [2.75, 3.05) is 33.9 Å². The van der Waals surface area contributed by atoms with E-state index in [-0.39, 0.29) is 41.2 Å². The summed E-state index contributed by atoms with van der Waals surface area (Å²) in [4.78, 5) is 38.4. The Morgan fingerprint density at radius 3 is 2.17 bits per heavy atom. The van der Waals surface area contributed by atoms with Crippen molar-refractivity contribution < 1.29 is 33.7 Å². The Morgan fingerprint density at radius 2 is 1.58 bits per heavy atom. The number of likely N-dealkylation sites (tertiary alicyclic amines) is 1. The van der Waals surface area contributed by atoms with E-state index in [0.29, 0.717) is 36.5 Å². The van der Waals surface area contributed by atoms with Crippen molar-refractivity contribution in [2.24, 2.45) is 11.7 Å². The van der Waals surface area contributed by atoms with E-state index < -0.39 is 6.09 Å². The lowest BCUT2D eigenvalue weighted by Gasteiger charge is -2.17. The molecule has 1 amide bonds. The number of carbonyl (C=O) groups excluding carboxylic acids is 3. The molecule has 36 heavy (non-hydrogen) atoms.